The molecule has 2 aromatic carbocycles. The van der Waals surface area contributed by atoms with Crippen molar-refractivity contribution in [1.82, 2.24) is 15.5 Å². The first-order valence-electron chi connectivity index (χ1n) is 10.2. The number of rotatable bonds is 8. The van der Waals surface area contributed by atoms with Gasteiger partial charge < -0.3 is 10.6 Å². The number of nitrogens with zero attached hydrogens (tertiary/aromatic N) is 1. The molecule has 0 unspecified atom stereocenters. The molecular weight excluding hydrogens is 389 g/mol. The van der Waals surface area contributed by atoms with Gasteiger partial charge in [0.15, 0.2) is 0 Å². The molecule has 1 aliphatic heterocycles. The average molecular weight is 418 g/mol. The molecule has 2 atom stereocenters. The van der Waals surface area contributed by atoms with Crippen LogP contribution in [0.1, 0.15) is 31.4 Å². The lowest BCUT2D eigenvalue weighted by molar-refractivity contribution is -0.126. The molecule has 0 aliphatic carbocycles. The van der Waals surface area contributed by atoms with Gasteiger partial charge in [0, 0.05) is 36.7 Å². The largest absolute Gasteiger partial charge is 0.354 e. The smallest absolute Gasteiger partial charge is 0.237 e. The van der Waals surface area contributed by atoms with Crippen molar-refractivity contribution in [2.75, 3.05) is 13.1 Å². The van der Waals surface area contributed by atoms with Crippen LogP contribution in [0.15, 0.2) is 48.5 Å². The van der Waals surface area contributed by atoms with E-state index in [9.17, 15) is 9.18 Å². The van der Waals surface area contributed by atoms with Gasteiger partial charge in [-0.25, -0.2) is 4.39 Å². The summed E-state index contributed by atoms with van der Waals surface area (Å²) in [5.41, 5.74) is 1.68. The van der Waals surface area contributed by atoms with E-state index in [-0.39, 0.29) is 29.8 Å². The Hall–Kier alpha value is -1.95. The first kappa shape index (κ1) is 21.8. The number of halogens is 2. The summed E-state index contributed by atoms with van der Waals surface area (Å²) >= 11 is 6.25. The fourth-order valence-corrected chi connectivity index (χ4v) is 4.08. The minimum absolute atomic E-state index is 0.0112. The maximum Gasteiger partial charge on any atom is 0.237 e. The third-order valence-electron chi connectivity index (χ3n) is 5.50. The Bertz CT molecular complexity index is 829. The fraction of sp³-hybridized carbons (Fsp3) is 0.435. The summed E-state index contributed by atoms with van der Waals surface area (Å²) in [4.78, 5) is 15.0. The number of benzene rings is 2. The highest BCUT2D eigenvalue weighted by Crippen LogP contribution is 2.22. The molecule has 0 bridgehead atoms. The molecule has 1 aliphatic rings. The summed E-state index contributed by atoms with van der Waals surface area (Å²) in [6.07, 6.45) is 1.23. The first-order valence-corrected chi connectivity index (χ1v) is 10.6. The van der Waals surface area contributed by atoms with E-state index in [1.54, 1.807) is 12.1 Å². The zero-order valence-corrected chi connectivity index (χ0v) is 17.8. The average Bonchev–Trinajstić information content (AvgIpc) is 3.13. The Morgan fingerprint density at radius 2 is 1.86 bits per heavy atom. The molecule has 1 saturated heterocycles. The highest BCUT2D eigenvalue weighted by molar-refractivity contribution is 6.31. The van der Waals surface area contributed by atoms with Gasteiger partial charge in [-0.3, -0.25) is 9.69 Å². The van der Waals surface area contributed by atoms with Crippen molar-refractivity contribution < 1.29 is 9.18 Å². The molecule has 29 heavy (non-hydrogen) atoms. The van der Waals surface area contributed by atoms with Crippen molar-refractivity contribution in [3.63, 3.8) is 0 Å². The zero-order valence-electron chi connectivity index (χ0n) is 17.0. The molecule has 3 rings (SSSR count). The molecule has 0 saturated carbocycles. The summed E-state index contributed by atoms with van der Waals surface area (Å²) in [5, 5.41) is 7.29. The molecule has 1 amide bonds. The molecule has 1 heterocycles. The van der Waals surface area contributed by atoms with Crippen molar-refractivity contribution in [2.45, 2.75) is 51.4 Å². The monoisotopic (exact) mass is 417 g/mol. The normalized spacial score (nSPS) is 19.6. The number of nitrogens with one attached hydrogen (secondary N) is 2. The van der Waals surface area contributed by atoms with Gasteiger partial charge in [0.2, 0.25) is 5.91 Å². The van der Waals surface area contributed by atoms with Gasteiger partial charge in [-0.15, -0.1) is 0 Å². The summed E-state index contributed by atoms with van der Waals surface area (Å²) in [6.45, 7) is 6.14. The van der Waals surface area contributed by atoms with Crippen LogP contribution in [0.4, 0.5) is 4.39 Å². The molecule has 2 N–H and O–H groups in total. The first-order chi connectivity index (χ1) is 14.0. The van der Waals surface area contributed by atoms with Crippen LogP contribution in [-0.2, 0) is 17.8 Å². The van der Waals surface area contributed by atoms with Crippen LogP contribution < -0.4 is 10.6 Å². The van der Waals surface area contributed by atoms with Crippen LogP contribution in [0.2, 0.25) is 5.02 Å². The predicted molar refractivity (Wildman–Crippen MR) is 115 cm³/mol. The van der Waals surface area contributed by atoms with Crippen LogP contribution in [-0.4, -0.2) is 42.0 Å². The Balaban J connectivity index is 1.53. The van der Waals surface area contributed by atoms with Gasteiger partial charge in [0.25, 0.3) is 0 Å². The number of carbonyl (C=O) groups is 1. The van der Waals surface area contributed by atoms with E-state index < -0.39 is 0 Å². The quantitative estimate of drug-likeness (QED) is 0.687. The maximum absolute atomic E-state index is 13.7. The minimum Gasteiger partial charge on any atom is -0.354 e. The van der Waals surface area contributed by atoms with Gasteiger partial charge in [0.05, 0.1) is 6.04 Å². The number of carbonyl (C=O) groups excluding carboxylic acids is 1. The second kappa shape index (κ2) is 10.2. The van der Waals surface area contributed by atoms with Gasteiger partial charge in [0.1, 0.15) is 5.82 Å². The van der Waals surface area contributed by atoms with Crippen molar-refractivity contribution in [3.05, 3.63) is 70.5 Å². The molecule has 0 radical (unpaired) electrons. The number of hydrogen-bond donors (Lipinski definition) is 2. The summed E-state index contributed by atoms with van der Waals surface area (Å²) in [5.74, 6) is -0.215. The number of amides is 1. The molecule has 1 fully saturated rings. The van der Waals surface area contributed by atoms with E-state index in [1.807, 2.05) is 30.3 Å². The third kappa shape index (κ3) is 5.78. The summed E-state index contributed by atoms with van der Waals surface area (Å²) in [6, 6.07) is 14.8. The Morgan fingerprint density at radius 1 is 1.17 bits per heavy atom. The Morgan fingerprint density at radius 3 is 2.55 bits per heavy atom. The lowest BCUT2D eigenvalue weighted by atomic mass is 10.1. The third-order valence-corrected chi connectivity index (χ3v) is 5.86. The highest BCUT2D eigenvalue weighted by Gasteiger charge is 2.37. The van der Waals surface area contributed by atoms with Crippen molar-refractivity contribution in [3.8, 4) is 0 Å². The van der Waals surface area contributed by atoms with E-state index in [1.165, 1.54) is 6.07 Å². The van der Waals surface area contributed by atoms with Gasteiger partial charge >= 0.3 is 0 Å². The maximum atomic E-state index is 13.7. The standard InChI is InChI=1S/C23H29ClFN3O/c1-16(2)28-15-19(27-14-18-8-3-5-9-20(18)24)13-22(28)23(29)26-12-11-17-7-4-6-10-21(17)25/h3-10,16,19,22,27H,11-15H2,1-2H3,(H,26,29)/t19-,22+/m1/s1. The second-order valence-corrected chi connectivity index (χ2v) is 8.25. The lowest BCUT2D eigenvalue weighted by Gasteiger charge is -2.27. The van der Waals surface area contributed by atoms with Gasteiger partial charge in [-0.1, -0.05) is 48.0 Å². The molecule has 0 aromatic heterocycles. The van der Waals surface area contributed by atoms with Gasteiger partial charge in [-0.2, -0.15) is 0 Å². The predicted octanol–water partition coefficient (Wildman–Crippen LogP) is 3.78. The highest BCUT2D eigenvalue weighted by atomic mass is 35.5. The molecule has 2 aromatic rings. The van der Waals surface area contributed by atoms with Crippen LogP contribution in [0.3, 0.4) is 0 Å². The van der Waals surface area contributed by atoms with E-state index >= 15 is 0 Å². The van der Waals surface area contributed by atoms with Crippen LogP contribution >= 0.6 is 11.6 Å². The SMILES string of the molecule is CC(C)N1C[C@H](NCc2ccccc2Cl)C[C@H]1C(=O)NCCc1ccccc1F. The molecular formula is C23H29ClFN3O. The van der Waals surface area contributed by atoms with Crippen molar-refractivity contribution in [2.24, 2.45) is 0 Å². The Kier molecular flexibility index (Phi) is 7.64. The molecule has 0 spiro atoms. The van der Waals surface area contributed by atoms with Crippen molar-refractivity contribution >= 4 is 17.5 Å². The van der Waals surface area contributed by atoms with E-state index in [0.717, 1.165) is 23.6 Å². The summed E-state index contributed by atoms with van der Waals surface area (Å²) < 4.78 is 13.7. The molecule has 6 heteroatoms. The number of likely N-dealkylation sites (tertiary alicyclic amines) is 1. The lowest BCUT2D eigenvalue weighted by Crippen LogP contribution is -2.46. The molecule has 156 valence electrons. The number of hydrogen-bond acceptors (Lipinski definition) is 3. The Labute approximate surface area is 177 Å². The van der Waals surface area contributed by atoms with E-state index in [4.69, 9.17) is 11.6 Å². The second-order valence-electron chi connectivity index (χ2n) is 7.84. The minimum atomic E-state index is -0.227. The van der Waals surface area contributed by atoms with Gasteiger partial charge in [-0.05, 0) is 49.9 Å². The van der Waals surface area contributed by atoms with Crippen molar-refractivity contribution in [1.29, 1.82) is 0 Å². The summed E-state index contributed by atoms with van der Waals surface area (Å²) in [7, 11) is 0. The zero-order chi connectivity index (χ0) is 20.8. The van der Waals surface area contributed by atoms with Crippen LogP contribution in [0.25, 0.3) is 0 Å². The van der Waals surface area contributed by atoms with E-state index in [2.05, 4.69) is 29.4 Å². The van der Waals surface area contributed by atoms with Crippen LogP contribution in [0.5, 0.6) is 0 Å². The van der Waals surface area contributed by atoms with E-state index in [0.29, 0.717) is 25.1 Å². The van der Waals surface area contributed by atoms with Crippen LogP contribution in [0, 0.1) is 5.82 Å². The molecule has 4 nitrogen and oxygen atoms in total. The topological polar surface area (TPSA) is 44.4 Å². The fourth-order valence-electron chi connectivity index (χ4n) is 3.87.